The smallest absolute Gasteiger partial charge is 0.211 e. The summed E-state index contributed by atoms with van der Waals surface area (Å²) < 4.78 is 47.8. The Bertz CT molecular complexity index is 663. The lowest BCUT2D eigenvalue weighted by Gasteiger charge is -2.30. The lowest BCUT2D eigenvalue weighted by atomic mass is 9.96. The summed E-state index contributed by atoms with van der Waals surface area (Å²) in [6, 6.07) is 0. The average Bonchev–Trinajstić information content (AvgIpc) is 2.76. The van der Waals surface area contributed by atoms with E-state index in [-0.39, 0.29) is 10.8 Å². The molecule has 1 unspecified atom stereocenters. The maximum Gasteiger partial charge on any atom is 0.211 e. The average molecular weight is 307 g/mol. The Hall–Kier alpha value is -0.930. The fraction of sp³-hybridized carbons (Fsp3) is 0.700. The van der Waals surface area contributed by atoms with Crippen LogP contribution in [0.25, 0.3) is 0 Å². The Kier molecular flexibility index (Phi) is 3.72. The molecule has 0 spiro atoms. The van der Waals surface area contributed by atoms with Gasteiger partial charge in [-0.3, -0.25) is 5.10 Å². The highest BCUT2D eigenvalue weighted by Gasteiger charge is 2.30. The van der Waals surface area contributed by atoms with Crippen molar-refractivity contribution in [2.24, 2.45) is 0 Å². The standard InChI is InChI=1S/C10H17N3O4S2/c1-18(14,15)9-6-11-12-10(9)8-4-3-5-13(7-8)19(2,16)17/h6,8H,3-5,7H2,1-2H3,(H,11,12). The van der Waals surface area contributed by atoms with E-state index >= 15 is 0 Å². The van der Waals surface area contributed by atoms with Crippen LogP contribution in [0.3, 0.4) is 0 Å². The highest BCUT2D eigenvalue weighted by Crippen LogP contribution is 2.30. The van der Waals surface area contributed by atoms with E-state index in [0.29, 0.717) is 25.2 Å². The Morgan fingerprint density at radius 3 is 2.58 bits per heavy atom. The van der Waals surface area contributed by atoms with Gasteiger partial charge in [-0.05, 0) is 12.8 Å². The number of nitrogens with one attached hydrogen (secondary N) is 1. The number of nitrogens with zero attached hydrogens (tertiary/aromatic N) is 2. The molecule has 1 N–H and O–H groups in total. The molecule has 1 aromatic heterocycles. The number of hydrogen-bond acceptors (Lipinski definition) is 5. The third kappa shape index (κ3) is 3.15. The summed E-state index contributed by atoms with van der Waals surface area (Å²) in [5.41, 5.74) is 0.510. The number of sulfonamides is 1. The molecule has 9 heteroatoms. The first-order valence-electron chi connectivity index (χ1n) is 5.88. The third-order valence-electron chi connectivity index (χ3n) is 3.29. The molecule has 108 valence electrons. The zero-order chi connectivity index (χ0) is 14.3. The molecular weight excluding hydrogens is 290 g/mol. The lowest BCUT2D eigenvalue weighted by molar-refractivity contribution is 0.312. The van der Waals surface area contributed by atoms with Crippen molar-refractivity contribution >= 4 is 19.9 Å². The third-order valence-corrected chi connectivity index (χ3v) is 5.69. The molecule has 1 aromatic rings. The number of rotatable bonds is 3. The summed E-state index contributed by atoms with van der Waals surface area (Å²) in [6.07, 6.45) is 5.03. The fourth-order valence-electron chi connectivity index (χ4n) is 2.35. The van der Waals surface area contributed by atoms with Crippen molar-refractivity contribution in [3.8, 4) is 0 Å². The van der Waals surface area contributed by atoms with Gasteiger partial charge in [0.1, 0.15) is 4.90 Å². The zero-order valence-electron chi connectivity index (χ0n) is 10.8. The molecule has 2 heterocycles. The van der Waals surface area contributed by atoms with Crippen molar-refractivity contribution in [2.45, 2.75) is 23.7 Å². The zero-order valence-corrected chi connectivity index (χ0v) is 12.5. The largest absolute Gasteiger partial charge is 0.281 e. The fourth-order valence-corrected chi connectivity index (χ4v) is 4.12. The van der Waals surface area contributed by atoms with E-state index in [1.807, 2.05) is 0 Å². The minimum absolute atomic E-state index is 0.157. The molecule has 0 bridgehead atoms. The van der Waals surface area contributed by atoms with Gasteiger partial charge in [0, 0.05) is 25.3 Å². The van der Waals surface area contributed by atoms with Crippen molar-refractivity contribution < 1.29 is 16.8 Å². The van der Waals surface area contributed by atoms with Gasteiger partial charge >= 0.3 is 0 Å². The van der Waals surface area contributed by atoms with Crippen molar-refractivity contribution in [2.75, 3.05) is 25.6 Å². The van der Waals surface area contributed by atoms with E-state index in [0.717, 1.165) is 12.7 Å². The molecule has 2 rings (SSSR count). The number of aromatic amines is 1. The SMILES string of the molecule is CS(=O)(=O)c1cn[nH]c1C1CCCN(S(C)(=O)=O)C1. The Labute approximate surface area is 113 Å². The van der Waals surface area contributed by atoms with E-state index in [2.05, 4.69) is 10.2 Å². The van der Waals surface area contributed by atoms with E-state index in [9.17, 15) is 16.8 Å². The van der Waals surface area contributed by atoms with Gasteiger partial charge in [-0.1, -0.05) is 0 Å². The number of H-pyrrole nitrogens is 1. The summed E-state index contributed by atoms with van der Waals surface area (Å²) in [6.45, 7) is 0.779. The summed E-state index contributed by atoms with van der Waals surface area (Å²) >= 11 is 0. The summed E-state index contributed by atoms with van der Waals surface area (Å²) in [5, 5.41) is 6.48. The summed E-state index contributed by atoms with van der Waals surface area (Å²) in [7, 11) is -6.60. The van der Waals surface area contributed by atoms with Crippen LogP contribution in [0.15, 0.2) is 11.1 Å². The van der Waals surface area contributed by atoms with Crippen molar-refractivity contribution in [3.05, 3.63) is 11.9 Å². The number of hydrogen-bond donors (Lipinski definition) is 1. The molecule has 0 aliphatic carbocycles. The van der Waals surface area contributed by atoms with Crippen LogP contribution in [0.1, 0.15) is 24.5 Å². The maximum atomic E-state index is 11.6. The first-order valence-corrected chi connectivity index (χ1v) is 9.62. The quantitative estimate of drug-likeness (QED) is 0.844. The topological polar surface area (TPSA) is 100 Å². The van der Waals surface area contributed by atoms with Gasteiger partial charge in [0.15, 0.2) is 9.84 Å². The molecule has 1 aliphatic heterocycles. The molecule has 19 heavy (non-hydrogen) atoms. The second kappa shape index (κ2) is 4.88. The van der Waals surface area contributed by atoms with E-state index < -0.39 is 19.9 Å². The van der Waals surface area contributed by atoms with Gasteiger partial charge in [-0.15, -0.1) is 0 Å². The van der Waals surface area contributed by atoms with E-state index in [1.54, 1.807) is 0 Å². The van der Waals surface area contributed by atoms with Crippen LogP contribution in [0, 0.1) is 0 Å². The molecule has 7 nitrogen and oxygen atoms in total. The van der Waals surface area contributed by atoms with Gasteiger partial charge in [-0.25, -0.2) is 21.1 Å². The van der Waals surface area contributed by atoms with Crippen molar-refractivity contribution in [1.82, 2.24) is 14.5 Å². The van der Waals surface area contributed by atoms with Gasteiger partial charge in [0.05, 0.1) is 18.1 Å². The second-order valence-corrected chi connectivity index (χ2v) is 8.85. The van der Waals surface area contributed by atoms with E-state index in [4.69, 9.17) is 0 Å². The van der Waals surface area contributed by atoms with Crippen LogP contribution in [-0.2, 0) is 19.9 Å². The maximum absolute atomic E-state index is 11.6. The Balaban J connectivity index is 2.31. The number of aromatic nitrogens is 2. The number of sulfone groups is 1. The van der Waals surface area contributed by atoms with Crippen LogP contribution in [0.4, 0.5) is 0 Å². The van der Waals surface area contributed by atoms with Crippen LogP contribution >= 0.6 is 0 Å². The molecule has 1 aliphatic rings. The Morgan fingerprint density at radius 1 is 1.32 bits per heavy atom. The summed E-state index contributed by atoms with van der Waals surface area (Å²) in [5.74, 6) is -0.157. The molecule has 1 saturated heterocycles. The molecule has 0 radical (unpaired) electrons. The van der Waals surface area contributed by atoms with Gasteiger partial charge in [-0.2, -0.15) is 5.10 Å². The molecule has 0 saturated carbocycles. The predicted octanol–water partition coefficient (Wildman–Crippen LogP) is -0.0478. The van der Waals surface area contributed by atoms with Crippen LogP contribution < -0.4 is 0 Å². The second-order valence-electron chi connectivity index (χ2n) is 4.88. The Morgan fingerprint density at radius 2 is 2.00 bits per heavy atom. The van der Waals surface area contributed by atoms with Crippen molar-refractivity contribution in [3.63, 3.8) is 0 Å². The van der Waals surface area contributed by atoms with Crippen LogP contribution in [-0.4, -0.2) is 56.9 Å². The highest BCUT2D eigenvalue weighted by atomic mass is 32.2. The monoisotopic (exact) mass is 307 g/mol. The lowest BCUT2D eigenvalue weighted by Crippen LogP contribution is -2.38. The summed E-state index contributed by atoms with van der Waals surface area (Å²) in [4.78, 5) is 0.160. The van der Waals surface area contributed by atoms with Crippen molar-refractivity contribution in [1.29, 1.82) is 0 Å². The van der Waals surface area contributed by atoms with Crippen LogP contribution in [0.5, 0.6) is 0 Å². The minimum atomic E-state index is -3.35. The highest BCUT2D eigenvalue weighted by molar-refractivity contribution is 7.90. The van der Waals surface area contributed by atoms with Crippen LogP contribution in [0.2, 0.25) is 0 Å². The molecule has 1 atom stereocenters. The first kappa shape index (κ1) is 14.5. The first-order chi connectivity index (χ1) is 8.69. The van der Waals surface area contributed by atoms with E-state index in [1.165, 1.54) is 16.8 Å². The van der Waals surface area contributed by atoms with Gasteiger partial charge in [0.25, 0.3) is 0 Å². The van der Waals surface area contributed by atoms with Gasteiger partial charge < -0.3 is 0 Å². The van der Waals surface area contributed by atoms with Gasteiger partial charge in [0.2, 0.25) is 10.0 Å². The minimum Gasteiger partial charge on any atom is -0.281 e. The molecular formula is C10H17N3O4S2. The number of piperidine rings is 1. The molecule has 1 fully saturated rings. The predicted molar refractivity (Wildman–Crippen MR) is 70.1 cm³/mol. The molecule has 0 amide bonds. The normalized spacial score (nSPS) is 22.5. The molecule has 0 aromatic carbocycles.